The van der Waals surface area contributed by atoms with E-state index in [9.17, 15) is 5.11 Å². The van der Waals surface area contributed by atoms with E-state index in [-0.39, 0.29) is 11.3 Å². The number of rotatable bonds is 2. The van der Waals surface area contributed by atoms with E-state index in [2.05, 4.69) is 17.1 Å². The molecule has 180 valence electrons. The smallest absolute Gasteiger partial charge is 0.152 e. The molecule has 0 saturated carbocycles. The molecule has 4 aromatic carbocycles. The number of pyridine rings is 1. The third kappa shape index (κ3) is 2.85. The summed E-state index contributed by atoms with van der Waals surface area (Å²) in [5, 5.41) is 13.3. The molecule has 0 atom stereocenters. The van der Waals surface area contributed by atoms with E-state index < -0.39 is 6.85 Å². The average Bonchev–Trinajstić information content (AvgIpc) is 3.52. The van der Waals surface area contributed by atoms with E-state index in [1.165, 1.54) is 0 Å². The van der Waals surface area contributed by atoms with Gasteiger partial charge in [-0.2, -0.15) is 0 Å². The first-order valence-corrected chi connectivity index (χ1v) is 12.3. The number of aromatic nitrogens is 5. The predicted octanol–water partition coefficient (Wildman–Crippen LogP) is 7.21. The van der Waals surface area contributed by atoms with Gasteiger partial charge in [-0.1, -0.05) is 54.6 Å². The summed E-state index contributed by atoms with van der Waals surface area (Å²) < 4.78 is 28.7. The van der Waals surface area contributed by atoms with Crippen LogP contribution in [0.25, 0.3) is 66.5 Å². The minimum Gasteiger partial charge on any atom is -0.507 e. The Kier molecular flexibility index (Phi) is 3.63. The van der Waals surface area contributed by atoms with E-state index in [1.54, 1.807) is 30.6 Å². The van der Waals surface area contributed by atoms with Gasteiger partial charge in [0.05, 0.1) is 38.7 Å². The Labute approximate surface area is 221 Å². The molecular weight excluding hydrogens is 470 g/mol. The average molecular weight is 495 g/mol. The molecule has 0 bridgehead atoms. The molecule has 0 aliphatic rings. The zero-order valence-corrected chi connectivity index (χ0v) is 20.0. The second-order valence-corrected chi connectivity index (χ2v) is 9.36. The highest BCUT2D eigenvalue weighted by atomic mass is 16.3. The van der Waals surface area contributed by atoms with E-state index in [0.717, 1.165) is 27.3 Å². The Morgan fingerprint density at radius 1 is 0.763 bits per heavy atom. The van der Waals surface area contributed by atoms with Gasteiger partial charge in [0.25, 0.3) is 0 Å². The van der Waals surface area contributed by atoms with Crippen LogP contribution in [0.3, 0.4) is 0 Å². The summed E-state index contributed by atoms with van der Waals surface area (Å²) in [6, 6.07) is 30.3. The van der Waals surface area contributed by atoms with Crippen molar-refractivity contribution in [3.63, 3.8) is 0 Å². The number of aromatic hydroxyl groups is 1. The summed E-state index contributed by atoms with van der Waals surface area (Å²) >= 11 is 0. The topological polar surface area (TPSA) is 68.2 Å². The maximum atomic E-state index is 10.7. The highest BCUT2D eigenvalue weighted by Gasteiger charge is 2.18. The van der Waals surface area contributed by atoms with Crippen molar-refractivity contribution in [3.05, 3.63) is 109 Å². The number of imidazole rings is 1. The molecule has 0 amide bonds. The van der Waals surface area contributed by atoms with Gasteiger partial charge in [0, 0.05) is 20.4 Å². The molecule has 0 radical (unpaired) electrons. The summed E-state index contributed by atoms with van der Waals surface area (Å²) in [7, 11) is 0. The van der Waals surface area contributed by atoms with Crippen LogP contribution < -0.4 is 0 Å². The lowest BCUT2D eigenvalue weighted by Gasteiger charge is -2.11. The Morgan fingerprint density at radius 3 is 2.29 bits per heavy atom. The molecule has 6 heteroatoms. The number of phenols is 1. The Morgan fingerprint density at radius 2 is 1.50 bits per heavy atom. The van der Waals surface area contributed by atoms with Crippen molar-refractivity contribution in [1.29, 1.82) is 0 Å². The zero-order chi connectivity index (χ0) is 27.9. The van der Waals surface area contributed by atoms with Gasteiger partial charge in [-0.3, -0.25) is 8.97 Å². The summed E-state index contributed by atoms with van der Waals surface area (Å²) in [6.45, 7) is -2.36. The fourth-order valence-corrected chi connectivity index (χ4v) is 5.54. The predicted molar refractivity (Wildman–Crippen MR) is 152 cm³/mol. The van der Waals surface area contributed by atoms with Gasteiger partial charge in [-0.05, 0) is 54.9 Å². The van der Waals surface area contributed by atoms with Crippen LogP contribution in [0.5, 0.6) is 5.75 Å². The molecule has 0 fully saturated rings. The normalized spacial score (nSPS) is 13.4. The van der Waals surface area contributed by atoms with Crippen LogP contribution in [-0.2, 0) is 0 Å². The maximum Gasteiger partial charge on any atom is 0.152 e. The lowest BCUT2D eigenvalue weighted by atomic mass is 10.1. The highest BCUT2D eigenvalue weighted by Crippen LogP contribution is 2.35. The van der Waals surface area contributed by atoms with E-state index in [1.807, 2.05) is 69.6 Å². The molecule has 0 aliphatic carbocycles. The molecule has 38 heavy (non-hydrogen) atoms. The van der Waals surface area contributed by atoms with E-state index in [4.69, 9.17) is 14.1 Å². The first-order valence-electron chi connectivity index (χ1n) is 13.8. The van der Waals surface area contributed by atoms with Crippen LogP contribution in [0.4, 0.5) is 0 Å². The van der Waals surface area contributed by atoms with Gasteiger partial charge in [-0.25, -0.2) is 15.0 Å². The van der Waals surface area contributed by atoms with Gasteiger partial charge in [0.2, 0.25) is 0 Å². The number of para-hydroxylation sites is 3. The Hall–Kier alpha value is -5.23. The van der Waals surface area contributed by atoms with Crippen molar-refractivity contribution in [2.24, 2.45) is 0 Å². The standard InChI is InChI=1S/C32H21N5O/c1-19-16-24(34-29(17-19)37-25-12-4-2-8-20(25)21-9-3-5-13-26(21)37)22-10-6-14-27-31(22)35-32-30-23(33-18-36(27)32)11-7-15-28(30)38/h2-18,38H,1H3/i1D3. The molecule has 1 N–H and O–H groups in total. The lowest BCUT2D eigenvalue weighted by Crippen LogP contribution is -2.00. The fourth-order valence-electron chi connectivity index (χ4n) is 5.54. The SMILES string of the molecule is [2H]C([2H])([2H])c1cc(-c2cccc3c2nc2c4c(O)cccc4ncn32)nc(-n2c3ccccc3c3ccccc32)c1. The van der Waals surface area contributed by atoms with Crippen molar-refractivity contribution < 1.29 is 9.22 Å². The minimum absolute atomic E-state index is 0.0913. The number of aryl methyl sites for hydroxylation is 1. The van der Waals surface area contributed by atoms with Crippen molar-refractivity contribution in [2.75, 3.05) is 0 Å². The monoisotopic (exact) mass is 494 g/mol. The van der Waals surface area contributed by atoms with Gasteiger partial charge in [0.15, 0.2) is 5.65 Å². The quantitative estimate of drug-likeness (QED) is 0.276. The number of benzene rings is 4. The third-order valence-electron chi connectivity index (χ3n) is 7.17. The van der Waals surface area contributed by atoms with Crippen LogP contribution in [-0.4, -0.2) is 29.0 Å². The number of fused-ring (bicyclic) bond motifs is 8. The minimum atomic E-state index is -2.36. The molecule has 8 rings (SSSR count). The molecule has 4 heterocycles. The van der Waals surface area contributed by atoms with Crippen LogP contribution in [0.2, 0.25) is 0 Å². The second-order valence-electron chi connectivity index (χ2n) is 9.36. The van der Waals surface area contributed by atoms with Gasteiger partial charge in [0.1, 0.15) is 17.9 Å². The highest BCUT2D eigenvalue weighted by molar-refractivity contribution is 6.09. The van der Waals surface area contributed by atoms with Crippen LogP contribution in [0, 0.1) is 6.85 Å². The third-order valence-corrected chi connectivity index (χ3v) is 7.17. The second kappa shape index (κ2) is 7.63. The maximum absolute atomic E-state index is 10.7. The Bertz CT molecular complexity index is 2280. The van der Waals surface area contributed by atoms with Gasteiger partial charge >= 0.3 is 0 Å². The molecule has 0 spiro atoms. The van der Waals surface area contributed by atoms with Crippen LogP contribution >= 0.6 is 0 Å². The van der Waals surface area contributed by atoms with E-state index in [0.29, 0.717) is 39.1 Å². The fraction of sp³-hybridized carbons (Fsp3) is 0.0312. The summed E-state index contributed by atoms with van der Waals surface area (Å²) in [4.78, 5) is 14.5. The van der Waals surface area contributed by atoms with Crippen molar-refractivity contribution >= 4 is 49.4 Å². The molecule has 0 aliphatic heterocycles. The van der Waals surface area contributed by atoms with E-state index >= 15 is 0 Å². The number of hydrogen-bond donors (Lipinski definition) is 1. The zero-order valence-electron chi connectivity index (χ0n) is 23.0. The number of nitrogens with zero attached hydrogens (tertiary/aromatic N) is 5. The molecule has 0 saturated heterocycles. The molecule has 8 aromatic rings. The molecule has 0 unspecified atom stereocenters. The summed E-state index contributed by atoms with van der Waals surface area (Å²) in [5.41, 5.74) is 5.83. The largest absolute Gasteiger partial charge is 0.507 e. The lowest BCUT2D eigenvalue weighted by molar-refractivity contribution is 0.481. The summed E-state index contributed by atoms with van der Waals surface area (Å²) in [6.07, 6.45) is 1.69. The molecular formula is C32H21N5O. The van der Waals surface area contributed by atoms with Crippen LogP contribution in [0.1, 0.15) is 9.68 Å². The first kappa shape index (κ1) is 18.1. The van der Waals surface area contributed by atoms with Crippen LogP contribution in [0.15, 0.2) is 103 Å². The Balaban J connectivity index is 1.45. The van der Waals surface area contributed by atoms with Crippen molar-refractivity contribution in [2.45, 2.75) is 6.85 Å². The van der Waals surface area contributed by atoms with Crippen molar-refractivity contribution in [3.8, 4) is 22.8 Å². The first-order chi connectivity index (χ1) is 19.9. The number of hydrogen-bond acceptors (Lipinski definition) is 4. The number of phenolic OH excluding ortho intramolecular Hbond substituents is 1. The molecule has 6 nitrogen and oxygen atoms in total. The summed E-state index contributed by atoms with van der Waals surface area (Å²) in [5.74, 6) is 0.602. The molecule has 4 aromatic heterocycles. The van der Waals surface area contributed by atoms with Gasteiger partial charge in [-0.15, -0.1) is 0 Å². The van der Waals surface area contributed by atoms with Gasteiger partial charge < -0.3 is 5.11 Å². The van der Waals surface area contributed by atoms with Crippen molar-refractivity contribution in [1.82, 2.24) is 23.9 Å².